The van der Waals surface area contributed by atoms with E-state index in [4.69, 9.17) is 0 Å². The van der Waals surface area contributed by atoms with Gasteiger partial charge in [-0.2, -0.15) is 0 Å². The molecule has 0 radical (unpaired) electrons. The Labute approximate surface area is 240 Å². The third kappa shape index (κ3) is 7.07. The standard InChI is InChI=1S/C29H23N.C8H10.C2H6/c1-22-14-18-26(19-15-22)30(29-13-7-11-25-10-5-6-12-28(25)29)27-20-16-24(17-21-27)23-8-3-2-4-9-23;1-7-4-3-5-8(2)6-7;1-2/h2-21H,1H3;3-6H,1-2H3;1-2H3. The minimum Gasteiger partial charge on any atom is -0.310 e. The average molecular weight is 522 g/mol. The largest absolute Gasteiger partial charge is 0.310 e. The molecule has 0 amide bonds. The van der Waals surface area contributed by atoms with Gasteiger partial charge in [-0.3, -0.25) is 0 Å². The smallest absolute Gasteiger partial charge is 0.0540 e. The number of anilines is 3. The molecule has 0 saturated carbocycles. The first-order valence-corrected chi connectivity index (χ1v) is 14.1. The topological polar surface area (TPSA) is 3.24 Å². The Kier molecular flexibility index (Phi) is 9.91. The second-order valence-corrected chi connectivity index (χ2v) is 9.74. The monoisotopic (exact) mass is 521 g/mol. The van der Waals surface area contributed by atoms with Crippen LogP contribution in [-0.4, -0.2) is 0 Å². The van der Waals surface area contributed by atoms with Crippen LogP contribution in [0.3, 0.4) is 0 Å². The van der Waals surface area contributed by atoms with Crippen molar-refractivity contribution in [2.45, 2.75) is 34.6 Å². The molecule has 0 aliphatic heterocycles. The van der Waals surface area contributed by atoms with Crippen molar-refractivity contribution in [1.82, 2.24) is 0 Å². The summed E-state index contributed by atoms with van der Waals surface area (Å²) in [5.74, 6) is 0. The molecule has 6 rings (SSSR count). The third-order valence-corrected chi connectivity index (χ3v) is 6.71. The van der Waals surface area contributed by atoms with Gasteiger partial charge in [-0.15, -0.1) is 0 Å². The van der Waals surface area contributed by atoms with Gasteiger partial charge in [-0.1, -0.05) is 146 Å². The second-order valence-electron chi connectivity index (χ2n) is 9.74. The third-order valence-electron chi connectivity index (χ3n) is 6.71. The van der Waals surface area contributed by atoms with Gasteiger partial charge in [0, 0.05) is 16.8 Å². The highest BCUT2D eigenvalue weighted by Crippen LogP contribution is 2.39. The lowest BCUT2D eigenvalue weighted by atomic mass is 10.0. The van der Waals surface area contributed by atoms with E-state index in [2.05, 4.69) is 171 Å². The van der Waals surface area contributed by atoms with Crippen LogP contribution < -0.4 is 4.90 Å². The van der Waals surface area contributed by atoms with Crippen LogP contribution in [0.1, 0.15) is 30.5 Å². The molecule has 1 nitrogen and oxygen atoms in total. The van der Waals surface area contributed by atoms with Crippen molar-refractivity contribution in [3.05, 3.63) is 162 Å². The number of benzene rings is 6. The van der Waals surface area contributed by atoms with E-state index in [1.54, 1.807) is 0 Å². The SMILES string of the molecule is CC.Cc1ccc(N(c2ccc(-c3ccccc3)cc2)c2cccc3ccccc23)cc1.Cc1cccc(C)c1. The van der Waals surface area contributed by atoms with Gasteiger partial charge in [0.1, 0.15) is 0 Å². The average Bonchev–Trinajstić information content (AvgIpc) is 3.00. The van der Waals surface area contributed by atoms with Crippen molar-refractivity contribution >= 4 is 27.8 Å². The summed E-state index contributed by atoms with van der Waals surface area (Å²) in [5.41, 5.74) is 9.88. The highest BCUT2D eigenvalue weighted by molar-refractivity contribution is 5.98. The van der Waals surface area contributed by atoms with Crippen molar-refractivity contribution in [3.63, 3.8) is 0 Å². The Morgan fingerprint density at radius 3 is 1.50 bits per heavy atom. The molecule has 0 N–H and O–H groups in total. The first-order valence-electron chi connectivity index (χ1n) is 14.1. The normalized spacial score (nSPS) is 10.1. The molecule has 6 aromatic carbocycles. The number of nitrogens with zero attached hydrogens (tertiary/aromatic N) is 1. The maximum Gasteiger partial charge on any atom is 0.0540 e. The van der Waals surface area contributed by atoms with Crippen LogP contribution in [0.15, 0.2) is 146 Å². The van der Waals surface area contributed by atoms with Gasteiger partial charge < -0.3 is 4.90 Å². The number of aryl methyl sites for hydroxylation is 3. The molecule has 6 aromatic rings. The van der Waals surface area contributed by atoms with E-state index < -0.39 is 0 Å². The molecule has 0 bridgehead atoms. The summed E-state index contributed by atoms with van der Waals surface area (Å²) >= 11 is 0. The number of hydrogen-bond acceptors (Lipinski definition) is 1. The molecule has 0 atom stereocenters. The maximum atomic E-state index is 2.34. The Hall–Kier alpha value is -4.62. The molecule has 0 spiro atoms. The fraction of sp³-hybridized carbons (Fsp3) is 0.128. The molecule has 0 fully saturated rings. The van der Waals surface area contributed by atoms with E-state index in [1.165, 1.54) is 44.3 Å². The molecule has 40 heavy (non-hydrogen) atoms. The van der Waals surface area contributed by atoms with E-state index in [9.17, 15) is 0 Å². The highest BCUT2D eigenvalue weighted by atomic mass is 15.1. The van der Waals surface area contributed by atoms with Crippen molar-refractivity contribution < 1.29 is 0 Å². The molecule has 1 heteroatoms. The highest BCUT2D eigenvalue weighted by Gasteiger charge is 2.15. The molecule has 0 heterocycles. The summed E-state index contributed by atoms with van der Waals surface area (Å²) in [6.45, 7) is 10.3. The molecule has 0 aliphatic rings. The van der Waals surface area contributed by atoms with Crippen molar-refractivity contribution in [3.8, 4) is 11.1 Å². The van der Waals surface area contributed by atoms with E-state index in [0.29, 0.717) is 0 Å². The lowest BCUT2D eigenvalue weighted by molar-refractivity contribution is 1.29. The van der Waals surface area contributed by atoms with Gasteiger partial charge in [0.05, 0.1) is 5.69 Å². The quantitative estimate of drug-likeness (QED) is 0.223. The summed E-state index contributed by atoms with van der Waals surface area (Å²) in [6, 6.07) is 51.6. The molecule has 200 valence electrons. The predicted molar refractivity (Wildman–Crippen MR) is 176 cm³/mol. The first-order chi connectivity index (χ1) is 19.6. The van der Waals surface area contributed by atoms with E-state index >= 15 is 0 Å². The zero-order valence-electron chi connectivity index (χ0n) is 24.3. The van der Waals surface area contributed by atoms with Crippen LogP contribution in [-0.2, 0) is 0 Å². The molecular formula is C39H39N. The summed E-state index contributed by atoms with van der Waals surface area (Å²) in [5, 5.41) is 2.49. The summed E-state index contributed by atoms with van der Waals surface area (Å²) in [6.07, 6.45) is 0. The minimum absolute atomic E-state index is 1.15. The summed E-state index contributed by atoms with van der Waals surface area (Å²) in [7, 11) is 0. The van der Waals surface area contributed by atoms with Gasteiger partial charge in [-0.25, -0.2) is 0 Å². The molecular weight excluding hydrogens is 482 g/mol. The molecule has 0 aromatic heterocycles. The van der Waals surface area contributed by atoms with Gasteiger partial charge in [0.2, 0.25) is 0 Å². The van der Waals surface area contributed by atoms with E-state index in [0.717, 1.165) is 11.4 Å². The van der Waals surface area contributed by atoms with Crippen molar-refractivity contribution in [2.75, 3.05) is 4.90 Å². The molecule has 0 aliphatic carbocycles. The Balaban J connectivity index is 0.000000316. The molecule has 0 saturated heterocycles. The number of fused-ring (bicyclic) bond motifs is 1. The van der Waals surface area contributed by atoms with Gasteiger partial charge in [0.15, 0.2) is 0 Å². The second kappa shape index (κ2) is 14.0. The predicted octanol–water partition coefficient (Wildman–Crippen LogP) is 11.6. The van der Waals surface area contributed by atoms with Crippen LogP contribution in [0.4, 0.5) is 17.1 Å². The lowest BCUT2D eigenvalue weighted by Gasteiger charge is -2.27. The van der Waals surface area contributed by atoms with E-state index in [1.807, 2.05) is 13.8 Å². The first kappa shape index (κ1) is 28.4. The van der Waals surface area contributed by atoms with Crippen LogP contribution in [0.5, 0.6) is 0 Å². The van der Waals surface area contributed by atoms with Crippen molar-refractivity contribution in [1.29, 1.82) is 0 Å². The van der Waals surface area contributed by atoms with Crippen LogP contribution in [0, 0.1) is 20.8 Å². The van der Waals surface area contributed by atoms with Gasteiger partial charge in [-0.05, 0) is 67.6 Å². The zero-order chi connectivity index (χ0) is 28.3. The molecule has 0 unspecified atom stereocenters. The Morgan fingerprint density at radius 1 is 0.400 bits per heavy atom. The van der Waals surface area contributed by atoms with Crippen molar-refractivity contribution in [2.24, 2.45) is 0 Å². The van der Waals surface area contributed by atoms with Crippen LogP contribution in [0.2, 0.25) is 0 Å². The summed E-state index contributed by atoms with van der Waals surface area (Å²) in [4.78, 5) is 2.34. The Bertz CT molecular complexity index is 1590. The van der Waals surface area contributed by atoms with Crippen LogP contribution in [0.25, 0.3) is 21.9 Å². The lowest BCUT2D eigenvalue weighted by Crippen LogP contribution is -2.10. The van der Waals surface area contributed by atoms with Crippen LogP contribution >= 0.6 is 0 Å². The Morgan fingerprint density at radius 2 is 0.900 bits per heavy atom. The van der Waals surface area contributed by atoms with Gasteiger partial charge in [0.25, 0.3) is 0 Å². The maximum absolute atomic E-state index is 2.34. The number of hydrogen-bond donors (Lipinski definition) is 0. The van der Waals surface area contributed by atoms with E-state index in [-0.39, 0.29) is 0 Å². The summed E-state index contributed by atoms with van der Waals surface area (Å²) < 4.78 is 0. The number of rotatable bonds is 4. The fourth-order valence-corrected chi connectivity index (χ4v) is 4.76. The fourth-order valence-electron chi connectivity index (χ4n) is 4.76. The van der Waals surface area contributed by atoms with Gasteiger partial charge >= 0.3 is 0 Å². The minimum atomic E-state index is 1.15. The zero-order valence-corrected chi connectivity index (χ0v) is 24.3.